The number of benzene rings is 1. The summed E-state index contributed by atoms with van der Waals surface area (Å²) in [5.74, 6) is 0.593. The zero-order chi connectivity index (χ0) is 20.6. The van der Waals surface area contributed by atoms with Crippen LogP contribution < -0.4 is 10.1 Å². The normalized spacial score (nSPS) is 20.0. The number of esters is 1. The van der Waals surface area contributed by atoms with Crippen molar-refractivity contribution in [1.82, 2.24) is 5.32 Å². The lowest BCUT2D eigenvalue weighted by molar-refractivity contribution is -0.145. The fraction of sp³-hybridized carbons (Fsp3) is 0.565. The largest absolute Gasteiger partial charge is 0.494 e. The van der Waals surface area contributed by atoms with E-state index in [0.29, 0.717) is 6.61 Å². The quantitative estimate of drug-likeness (QED) is 0.527. The second-order valence-electron chi connectivity index (χ2n) is 7.96. The molecule has 1 aliphatic rings. The van der Waals surface area contributed by atoms with Gasteiger partial charge in [-0.2, -0.15) is 0 Å². The van der Waals surface area contributed by atoms with Crippen LogP contribution in [0.4, 0.5) is 0 Å². The van der Waals surface area contributed by atoms with Gasteiger partial charge in [-0.3, -0.25) is 4.79 Å². The van der Waals surface area contributed by atoms with Gasteiger partial charge >= 0.3 is 5.97 Å². The van der Waals surface area contributed by atoms with Gasteiger partial charge in [0.1, 0.15) is 11.9 Å². The number of carbonyl (C=O) groups is 2. The van der Waals surface area contributed by atoms with E-state index in [1.54, 1.807) is 6.08 Å². The molecule has 5 heteroatoms. The molecule has 1 aromatic carbocycles. The lowest BCUT2D eigenvalue weighted by Gasteiger charge is -2.31. The van der Waals surface area contributed by atoms with Crippen LogP contribution in [0, 0.1) is 5.41 Å². The van der Waals surface area contributed by atoms with Crippen LogP contribution in [0.15, 0.2) is 30.3 Å². The lowest BCUT2D eigenvalue weighted by atomic mass is 9.87. The third-order valence-corrected chi connectivity index (χ3v) is 5.39. The number of amides is 1. The summed E-state index contributed by atoms with van der Waals surface area (Å²) in [6, 6.07) is 7.74. The molecule has 1 aliphatic carbocycles. The van der Waals surface area contributed by atoms with Gasteiger partial charge in [0.25, 0.3) is 0 Å². The minimum absolute atomic E-state index is 0.0789. The number of hydrogen-bond donors (Lipinski definition) is 1. The summed E-state index contributed by atoms with van der Waals surface area (Å²) in [7, 11) is 0. The Morgan fingerprint density at radius 3 is 2.32 bits per heavy atom. The van der Waals surface area contributed by atoms with Gasteiger partial charge in [-0.05, 0) is 62.8 Å². The molecule has 2 rings (SSSR count). The molecule has 0 heterocycles. The van der Waals surface area contributed by atoms with E-state index < -0.39 is 0 Å². The van der Waals surface area contributed by atoms with Crippen LogP contribution in [0.25, 0.3) is 6.08 Å². The molecule has 1 aromatic rings. The van der Waals surface area contributed by atoms with Crippen molar-refractivity contribution in [3.05, 3.63) is 35.9 Å². The highest BCUT2D eigenvalue weighted by Crippen LogP contribution is 2.25. The molecule has 1 N–H and O–H groups in total. The van der Waals surface area contributed by atoms with E-state index in [1.807, 2.05) is 52.0 Å². The molecule has 0 saturated heterocycles. The molecule has 28 heavy (non-hydrogen) atoms. The van der Waals surface area contributed by atoms with E-state index in [-0.39, 0.29) is 29.4 Å². The van der Waals surface area contributed by atoms with E-state index in [9.17, 15) is 9.59 Å². The monoisotopic (exact) mass is 387 g/mol. The fourth-order valence-electron chi connectivity index (χ4n) is 3.08. The molecule has 0 aliphatic heterocycles. The number of nitrogens with one attached hydrogen (secondary N) is 1. The predicted molar refractivity (Wildman–Crippen MR) is 111 cm³/mol. The molecule has 154 valence electrons. The molecule has 1 saturated carbocycles. The van der Waals surface area contributed by atoms with Gasteiger partial charge in [0.15, 0.2) is 0 Å². The van der Waals surface area contributed by atoms with Crippen molar-refractivity contribution < 1.29 is 19.1 Å². The second kappa shape index (κ2) is 10.3. The summed E-state index contributed by atoms with van der Waals surface area (Å²) >= 11 is 0. The van der Waals surface area contributed by atoms with Crippen LogP contribution in [0.1, 0.15) is 65.4 Å². The number of ether oxygens (including phenoxy) is 2. The van der Waals surface area contributed by atoms with Crippen molar-refractivity contribution in [2.24, 2.45) is 5.41 Å². The molecule has 5 nitrogen and oxygen atoms in total. The highest BCUT2D eigenvalue weighted by atomic mass is 16.5. The van der Waals surface area contributed by atoms with Crippen molar-refractivity contribution >= 4 is 18.0 Å². The molecule has 0 aromatic heterocycles. The Labute approximate surface area is 168 Å². The molecule has 0 unspecified atom stereocenters. The van der Waals surface area contributed by atoms with E-state index in [0.717, 1.165) is 43.4 Å². The highest BCUT2D eigenvalue weighted by Gasteiger charge is 2.30. The molecular formula is C23H33NO4. The maximum absolute atomic E-state index is 12.3. The summed E-state index contributed by atoms with van der Waals surface area (Å²) in [5, 5.41) is 3.14. The molecule has 0 radical (unpaired) electrons. The van der Waals surface area contributed by atoms with Crippen LogP contribution in [-0.4, -0.2) is 30.6 Å². The summed E-state index contributed by atoms with van der Waals surface area (Å²) in [4.78, 5) is 24.4. The third-order valence-electron chi connectivity index (χ3n) is 5.39. The van der Waals surface area contributed by atoms with Gasteiger partial charge < -0.3 is 14.8 Å². The molecule has 1 fully saturated rings. The van der Waals surface area contributed by atoms with Crippen molar-refractivity contribution in [2.75, 3.05) is 6.61 Å². The minimum atomic E-state index is -0.338. The first kappa shape index (κ1) is 22.0. The molecule has 0 atom stereocenters. The first-order valence-corrected chi connectivity index (χ1v) is 10.3. The third kappa shape index (κ3) is 6.70. The van der Waals surface area contributed by atoms with Gasteiger partial charge in [0, 0.05) is 17.5 Å². The number of hydrogen-bond acceptors (Lipinski definition) is 4. The summed E-state index contributed by atoms with van der Waals surface area (Å²) in [6.07, 6.45) is 7.18. The Balaban J connectivity index is 1.75. The summed E-state index contributed by atoms with van der Waals surface area (Å²) in [6.45, 7) is 8.52. The van der Waals surface area contributed by atoms with Gasteiger partial charge in [-0.1, -0.05) is 32.9 Å². The van der Waals surface area contributed by atoms with Crippen molar-refractivity contribution in [3.63, 3.8) is 0 Å². The minimum Gasteiger partial charge on any atom is -0.494 e. The van der Waals surface area contributed by atoms with Gasteiger partial charge in [-0.15, -0.1) is 0 Å². The standard InChI is InChI=1S/C23H33NO4/c1-5-23(3,4)22(26)24-18-10-14-20(15-11-18)28-21(25)16-9-17-7-12-19(13-8-17)27-6-2/h7-9,12-13,16,18,20H,5-6,10-11,14-15H2,1-4H3,(H,24,26)/b16-9+. The van der Waals surface area contributed by atoms with Crippen LogP contribution in [0.5, 0.6) is 5.75 Å². The Kier molecular flexibility index (Phi) is 8.09. The van der Waals surface area contributed by atoms with Crippen LogP contribution in [-0.2, 0) is 14.3 Å². The van der Waals surface area contributed by atoms with E-state index >= 15 is 0 Å². The number of rotatable bonds is 8. The topological polar surface area (TPSA) is 64.6 Å². The van der Waals surface area contributed by atoms with Gasteiger partial charge in [0.2, 0.25) is 5.91 Å². The first-order chi connectivity index (χ1) is 13.3. The van der Waals surface area contributed by atoms with E-state index in [2.05, 4.69) is 5.32 Å². The molecular weight excluding hydrogens is 354 g/mol. The molecule has 0 spiro atoms. The summed E-state index contributed by atoms with van der Waals surface area (Å²) in [5.41, 5.74) is 0.583. The molecule has 0 bridgehead atoms. The van der Waals surface area contributed by atoms with Crippen LogP contribution in [0.3, 0.4) is 0 Å². The first-order valence-electron chi connectivity index (χ1n) is 10.3. The van der Waals surface area contributed by atoms with Gasteiger partial charge in [-0.25, -0.2) is 4.79 Å². The zero-order valence-electron chi connectivity index (χ0n) is 17.5. The van der Waals surface area contributed by atoms with Crippen molar-refractivity contribution in [1.29, 1.82) is 0 Å². The zero-order valence-corrected chi connectivity index (χ0v) is 17.5. The Hall–Kier alpha value is -2.30. The highest BCUT2D eigenvalue weighted by molar-refractivity contribution is 5.87. The molecule has 1 amide bonds. The van der Waals surface area contributed by atoms with E-state index in [1.165, 1.54) is 6.08 Å². The van der Waals surface area contributed by atoms with Crippen LogP contribution in [0.2, 0.25) is 0 Å². The summed E-state index contributed by atoms with van der Waals surface area (Å²) < 4.78 is 11.0. The lowest BCUT2D eigenvalue weighted by Crippen LogP contribution is -2.45. The average Bonchev–Trinajstić information content (AvgIpc) is 2.69. The maximum Gasteiger partial charge on any atom is 0.331 e. The van der Waals surface area contributed by atoms with Crippen LogP contribution >= 0.6 is 0 Å². The van der Waals surface area contributed by atoms with E-state index in [4.69, 9.17) is 9.47 Å². The Bertz CT molecular complexity index is 670. The number of carbonyl (C=O) groups excluding carboxylic acids is 2. The smallest absolute Gasteiger partial charge is 0.331 e. The Morgan fingerprint density at radius 1 is 1.11 bits per heavy atom. The maximum atomic E-state index is 12.3. The Morgan fingerprint density at radius 2 is 1.75 bits per heavy atom. The van der Waals surface area contributed by atoms with Gasteiger partial charge in [0.05, 0.1) is 6.61 Å². The van der Waals surface area contributed by atoms with Crippen molar-refractivity contribution in [2.45, 2.75) is 71.9 Å². The second-order valence-corrected chi connectivity index (χ2v) is 7.96. The fourth-order valence-corrected chi connectivity index (χ4v) is 3.08. The average molecular weight is 388 g/mol. The predicted octanol–water partition coefficient (Wildman–Crippen LogP) is 4.51. The SMILES string of the molecule is CCOc1ccc(/C=C/C(=O)OC2CCC(NC(=O)C(C)(C)CC)CC2)cc1. The van der Waals surface area contributed by atoms with Crippen molar-refractivity contribution in [3.8, 4) is 5.75 Å².